The van der Waals surface area contributed by atoms with Crippen LogP contribution >= 0.6 is 0 Å². The van der Waals surface area contributed by atoms with Gasteiger partial charge in [-0.2, -0.15) is 0 Å². The van der Waals surface area contributed by atoms with Crippen molar-refractivity contribution in [2.24, 2.45) is 0 Å². The molecule has 1 aliphatic carbocycles. The Bertz CT molecular complexity index is 920. The van der Waals surface area contributed by atoms with Crippen molar-refractivity contribution in [3.05, 3.63) is 58.7 Å². The summed E-state index contributed by atoms with van der Waals surface area (Å²) in [6, 6.07) is 11.1. The molecular weight excluding hydrogens is 378 g/mol. The lowest BCUT2D eigenvalue weighted by Gasteiger charge is -2.26. The highest BCUT2D eigenvalue weighted by Gasteiger charge is 2.32. The molecule has 0 bridgehead atoms. The minimum absolute atomic E-state index is 0.0528. The van der Waals surface area contributed by atoms with Crippen molar-refractivity contribution in [2.45, 2.75) is 57.7 Å². The van der Waals surface area contributed by atoms with E-state index in [4.69, 9.17) is 4.74 Å². The Morgan fingerprint density at radius 1 is 1.23 bits per heavy atom. The SMILES string of the molecule is CN[C@@H](C)c1cc(C(C)(C)C)cc(NC(=O)N[C@@H]2Cc3ccccc3[C@@H]2O)c1OC. The van der Waals surface area contributed by atoms with Gasteiger partial charge in [-0.1, -0.05) is 45.0 Å². The van der Waals surface area contributed by atoms with Crippen LogP contribution in [0.2, 0.25) is 0 Å². The van der Waals surface area contributed by atoms with Crippen LogP contribution in [0.15, 0.2) is 36.4 Å². The lowest BCUT2D eigenvalue weighted by atomic mass is 9.84. The van der Waals surface area contributed by atoms with Gasteiger partial charge in [0.05, 0.1) is 24.9 Å². The quantitative estimate of drug-likeness (QED) is 0.598. The predicted octanol–water partition coefficient (Wildman–Crippen LogP) is 4.05. The molecule has 0 unspecified atom stereocenters. The van der Waals surface area contributed by atoms with E-state index < -0.39 is 6.10 Å². The van der Waals surface area contributed by atoms with Crippen LogP contribution < -0.4 is 20.7 Å². The molecule has 0 spiro atoms. The third-order valence-corrected chi connectivity index (χ3v) is 5.85. The first-order valence-corrected chi connectivity index (χ1v) is 10.4. The molecule has 0 heterocycles. The van der Waals surface area contributed by atoms with Gasteiger partial charge in [0, 0.05) is 11.6 Å². The van der Waals surface area contributed by atoms with Crippen LogP contribution in [-0.4, -0.2) is 31.3 Å². The molecule has 1 aliphatic rings. The Morgan fingerprint density at radius 3 is 2.53 bits per heavy atom. The summed E-state index contributed by atoms with van der Waals surface area (Å²) < 4.78 is 5.68. The van der Waals surface area contributed by atoms with Crippen LogP contribution in [0.1, 0.15) is 62.1 Å². The number of carbonyl (C=O) groups is 1. The number of carbonyl (C=O) groups excluding carboxylic acids is 1. The number of fused-ring (bicyclic) bond motifs is 1. The number of rotatable bonds is 5. The Balaban J connectivity index is 1.85. The van der Waals surface area contributed by atoms with Crippen molar-refractivity contribution in [3.63, 3.8) is 0 Å². The van der Waals surface area contributed by atoms with Crippen LogP contribution in [0.5, 0.6) is 5.75 Å². The molecule has 162 valence electrons. The smallest absolute Gasteiger partial charge is 0.319 e. The average Bonchev–Trinajstić information content (AvgIpc) is 3.01. The monoisotopic (exact) mass is 411 g/mol. The maximum Gasteiger partial charge on any atom is 0.319 e. The van der Waals surface area contributed by atoms with Crippen molar-refractivity contribution in [1.82, 2.24) is 10.6 Å². The van der Waals surface area contributed by atoms with E-state index in [0.717, 1.165) is 22.3 Å². The highest BCUT2D eigenvalue weighted by molar-refractivity contribution is 5.92. The van der Waals surface area contributed by atoms with E-state index in [1.54, 1.807) is 7.11 Å². The Hall–Kier alpha value is -2.57. The van der Waals surface area contributed by atoms with E-state index in [9.17, 15) is 9.90 Å². The predicted molar refractivity (Wildman–Crippen MR) is 120 cm³/mol. The molecule has 0 aromatic heterocycles. The third-order valence-electron chi connectivity index (χ3n) is 5.85. The number of methoxy groups -OCH3 is 1. The summed E-state index contributed by atoms with van der Waals surface area (Å²) in [5.41, 5.74) is 4.54. The molecule has 4 N–H and O–H groups in total. The van der Waals surface area contributed by atoms with E-state index in [1.807, 2.05) is 37.4 Å². The van der Waals surface area contributed by atoms with Crippen molar-refractivity contribution in [2.75, 3.05) is 19.5 Å². The van der Waals surface area contributed by atoms with Crippen molar-refractivity contribution < 1.29 is 14.6 Å². The Kier molecular flexibility index (Phi) is 6.38. The molecule has 6 nitrogen and oxygen atoms in total. The van der Waals surface area contributed by atoms with Gasteiger partial charge in [-0.25, -0.2) is 4.79 Å². The van der Waals surface area contributed by atoms with Gasteiger partial charge in [0.2, 0.25) is 0 Å². The highest BCUT2D eigenvalue weighted by Crippen LogP contribution is 2.38. The van der Waals surface area contributed by atoms with Gasteiger partial charge in [0.1, 0.15) is 5.75 Å². The average molecular weight is 412 g/mol. The largest absolute Gasteiger partial charge is 0.494 e. The Morgan fingerprint density at radius 2 is 1.93 bits per heavy atom. The van der Waals surface area contributed by atoms with E-state index in [1.165, 1.54) is 0 Å². The van der Waals surface area contributed by atoms with E-state index in [2.05, 4.69) is 49.7 Å². The lowest BCUT2D eigenvalue weighted by molar-refractivity contribution is 0.145. The second-order valence-electron chi connectivity index (χ2n) is 8.96. The topological polar surface area (TPSA) is 82.6 Å². The molecule has 3 atom stereocenters. The fourth-order valence-electron chi connectivity index (χ4n) is 3.91. The number of aliphatic hydroxyl groups is 1. The molecule has 0 saturated heterocycles. The first kappa shape index (κ1) is 22.1. The molecule has 2 amide bonds. The van der Waals surface area contributed by atoms with Crippen LogP contribution in [0.4, 0.5) is 10.5 Å². The van der Waals surface area contributed by atoms with Gasteiger partial charge in [-0.05, 0) is 54.6 Å². The Labute approximate surface area is 179 Å². The number of benzene rings is 2. The second kappa shape index (κ2) is 8.66. The van der Waals surface area contributed by atoms with Crippen molar-refractivity contribution >= 4 is 11.7 Å². The molecule has 0 saturated carbocycles. The maximum atomic E-state index is 12.8. The van der Waals surface area contributed by atoms with Crippen LogP contribution in [-0.2, 0) is 11.8 Å². The fraction of sp³-hybridized carbons (Fsp3) is 0.458. The number of amides is 2. The number of hydrogen-bond acceptors (Lipinski definition) is 4. The molecular formula is C24H33N3O3. The van der Waals surface area contributed by atoms with Crippen LogP contribution in [0, 0.1) is 0 Å². The number of aliphatic hydroxyl groups excluding tert-OH is 1. The van der Waals surface area contributed by atoms with Gasteiger partial charge in [0.15, 0.2) is 0 Å². The maximum absolute atomic E-state index is 12.8. The van der Waals surface area contributed by atoms with Gasteiger partial charge < -0.3 is 25.8 Å². The lowest BCUT2D eigenvalue weighted by Crippen LogP contribution is -2.40. The summed E-state index contributed by atoms with van der Waals surface area (Å²) in [7, 11) is 3.51. The molecule has 2 aromatic rings. The summed E-state index contributed by atoms with van der Waals surface area (Å²) in [5.74, 6) is 0.634. The normalized spacial score (nSPS) is 19.2. The number of ether oxygens (including phenoxy) is 1. The van der Waals surface area contributed by atoms with Gasteiger partial charge in [-0.3, -0.25) is 0 Å². The van der Waals surface area contributed by atoms with Crippen LogP contribution in [0.25, 0.3) is 0 Å². The first-order valence-electron chi connectivity index (χ1n) is 10.4. The minimum Gasteiger partial charge on any atom is -0.494 e. The summed E-state index contributed by atoms with van der Waals surface area (Å²) in [6.45, 7) is 8.47. The van der Waals surface area contributed by atoms with Crippen LogP contribution in [0.3, 0.4) is 0 Å². The summed E-state index contributed by atoms with van der Waals surface area (Å²) in [5, 5.41) is 19.7. The fourth-order valence-corrected chi connectivity index (χ4v) is 3.91. The van der Waals surface area contributed by atoms with Gasteiger partial charge in [-0.15, -0.1) is 0 Å². The molecule has 2 aromatic carbocycles. The second-order valence-corrected chi connectivity index (χ2v) is 8.96. The minimum atomic E-state index is -0.713. The van der Waals surface area contributed by atoms with E-state index in [0.29, 0.717) is 17.9 Å². The molecule has 0 fully saturated rings. The summed E-state index contributed by atoms with van der Waals surface area (Å²) in [4.78, 5) is 12.8. The number of nitrogens with one attached hydrogen (secondary N) is 3. The molecule has 6 heteroatoms. The van der Waals surface area contributed by atoms with Gasteiger partial charge in [0.25, 0.3) is 0 Å². The van der Waals surface area contributed by atoms with E-state index in [-0.39, 0.29) is 23.5 Å². The molecule has 3 rings (SSSR count). The zero-order chi connectivity index (χ0) is 22.1. The van der Waals surface area contributed by atoms with Crippen molar-refractivity contribution in [1.29, 1.82) is 0 Å². The first-order chi connectivity index (χ1) is 14.2. The summed E-state index contributed by atoms with van der Waals surface area (Å²) in [6.07, 6.45) is -0.110. The standard InChI is InChI=1S/C24H33N3O3/c1-14(25-5)18-12-16(24(2,3)4)13-20(22(18)30-6)27-23(29)26-19-11-15-9-7-8-10-17(15)21(19)28/h7-10,12-14,19,21,25,28H,11H2,1-6H3,(H2,26,27,29)/t14-,19+,21-/m0/s1. The van der Waals surface area contributed by atoms with Crippen molar-refractivity contribution in [3.8, 4) is 5.75 Å². The van der Waals surface area contributed by atoms with Gasteiger partial charge >= 0.3 is 6.03 Å². The molecule has 30 heavy (non-hydrogen) atoms. The zero-order valence-corrected chi connectivity index (χ0v) is 18.7. The van der Waals surface area contributed by atoms with E-state index >= 15 is 0 Å². The highest BCUT2D eigenvalue weighted by atomic mass is 16.5. The number of hydrogen-bond donors (Lipinski definition) is 4. The zero-order valence-electron chi connectivity index (χ0n) is 18.7. The molecule has 0 radical (unpaired) electrons. The third kappa shape index (κ3) is 4.45. The number of urea groups is 1. The number of anilines is 1. The molecule has 0 aliphatic heterocycles. The summed E-state index contributed by atoms with van der Waals surface area (Å²) >= 11 is 0.